The third-order valence-corrected chi connectivity index (χ3v) is 3.66. The van der Waals surface area contributed by atoms with Crippen molar-refractivity contribution in [1.29, 1.82) is 0 Å². The smallest absolute Gasteiger partial charge is 0.129 e. The second-order valence-electron chi connectivity index (χ2n) is 4.84. The number of nitrogens with one attached hydrogen (secondary N) is 1. The fourth-order valence-electron chi connectivity index (χ4n) is 2.59. The van der Waals surface area contributed by atoms with E-state index in [9.17, 15) is 4.39 Å². The molecule has 1 saturated heterocycles. The molecule has 0 amide bonds. The van der Waals surface area contributed by atoms with Crippen LogP contribution in [0.5, 0.6) is 0 Å². The highest BCUT2D eigenvalue weighted by molar-refractivity contribution is 6.30. The fourth-order valence-corrected chi connectivity index (χ4v) is 2.75. The number of rotatable bonds is 4. The zero-order valence-electron chi connectivity index (χ0n) is 10.7. The van der Waals surface area contributed by atoms with E-state index in [0.717, 1.165) is 13.0 Å². The molecular formula is C14H19ClFNO. The van der Waals surface area contributed by atoms with E-state index >= 15 is 0 Å². The second kappa shape index (κ2) is 6.00. The fraction of sp³-hybridized carbons (Fsp3) is 0.571. The summed E-state index contributed by atoms with van der Waals surface area (Å²) in [5.41, 5.74) is 0.684. The lowest BCUT2D eigenvalue weighted by molar-refractivity contribution is 0.116. The number of halogens is 2. The lowest BCUT2D eigenvalue weighted by Crippen LogP contribution is -2.29. The molecule has 3 atom stereocenters. The summed E-state index contributed by atoms with van der Waals surface area (Å²) >= 11 is 5.80. The highest BCUT2D eigenvalue weighted by Gasteiger charge is 2.31. The van der Waals surface area contributed by atoms with Crippen molar-refractivity contribution in [1.82, 2.24) is 5.32 Å². The van der Waals surface area contributed by atoms with Crippen molar-refractivity contribution in [3.05, 3.63) is 34.6 Å². The van der Waals surface area contributed by atoms with Gasteiger partial charge >= 0.3 is 0 Å². The lowest BCUT2D eigenvalue weighted by atomic mass is 9.90. The van der Waals surface area contributed by atoms with Crippen LogP contribution in [0.15, 0.2) is 18.2 Å². The number of ether oxygens (including phenoxy) is 1. The first-order valence-corrected chi connectivity index (χ1v) is 6.79. The first kappa shape index (κ1) is 13.8. The summed E-state index contributed by atoms with van der Waals surface area (Å²) in [6.45, 7) is 5.57. The molecule has 18 heavy (non-hydrogen) atoms. The first-order valence-electron chi connectivity index (χ1n) is 6.41. The van der Waals surface area contributed by atoms with E-state index in [1.807, 2.05) is 6.92 Å². The Morgan fingerprint density at radius 3 is 2.89 bits per heavy atom. The molecule has 1 N–H and O–H groups in total. The van der Waals surface area contributed by atoms with Crippen LogP contribution in [0, 0.1) is 11.7 Å². The minimum absolute atomic E-state index is 0.00258. The predicted octanol–water partition coefficient (Wildman–Crippen LogP) is 3.55. The van der Waals surface area contributed by atoms with E-state index in [1.54, 1.807) is 12.1 Å². The van der Waals surface area contributed by atoms with E-state index in [0.29, 0.717) is 23.1 Å². The van der Waals surface area contributed by atoms with Gasteiger partial charge < -0.3 is 10.1 Å². The van der Waals surface area contributed by atoms with Gasteiger partial charge in [-0.2, -0.15) is 0 Å². The molecule has 100 valence electrons. The van der Waals surface area contributed by atoms with Crippen LogP contribution in [0.4, 0.5) is 4.39 Å². The maximum Gasteiger partial charge on any atom is 0.129 e. The van der Waals surface area contributed by atoms with Gasteiger partial charge in [0.15, 0.2) is 0 Å². The summed E-state index contributed by atoms with van der Waals surface area (Å²) < 4.78 is 19.6. The maximum atomic E-state index is 14.0. The topological polar surface area (TPSA) is 21.3 Å². The largest absolute Gasteiger partial charge is 0.378 e. The molecule has 2 nitrogen and oxygen atoms in total. The van der Waals surface area contributed by atoms with Gasteiger partial charge in [-0.1, -0.05) is 24.6 Å². The SMILES string of the molecule is CCNC(c1ccc(Cl)cc1F)C1COC(C)C1. The van der Waals surface area contributed by atoms with Crippen molar-refractivity contribution < 1.29 is 9.13 Å². The Morgan fingerprint density at radius 1 is 1.56 bits per heavy atom. The van der Waals surface area contributed by atoms with Gasteiger partial charge in [0, 0.05) is 22.5 Å². The Kier molecular flexibility index (Phi) is 4.60. The molecule has 1 aromatic rings. The first-order chi connectivity index (χ1) is 8.61. The van der Waals surface area contributed by atoms with E-state index in [2.05, 4.69) is 12.2 Å². The molecule has 1 aromatic carbocycles. The molecule has 2 rings (SSSR count). The van der Waals surface area contributed by atoms with Crippen molar-refractivity contribution >= 4 is 11.6 Å². The van der Waals surface area contributed by atoms with Crippen LogP contribution in [-0.2, 0) is 4.74 Å². The maximum absolute atomic E-state index is 14.0. The molecule has 3 unspecified atom stereocenters. The molecule has 0 bridgehead atoms. The van der Waals surface area contributed by atoms with Gasteiger partial charge in [-0.3, -0.25) is 0 Å². The van der Waals surface area contributed by atoms with Crippen molar-refractivity contribution in [3.63, 3.8) is 0 Å². The van der Waals surface area contributed by atoms with Gasteiger partial charge in [-0.05, 0) is 32.0 Å². The summed E-state index contributed by atoms with van der Waals surface area (Å²) in [7, 11) is 0. The second-order valence-corrected chi connectivity index (χ2v) is 5.28. The molecule has 0 saturated carbocycles. The van der Waals surface area contributed by atoms with Crippen LogP contribution in [0.25, 0.3) is 0 Å². The van der Waals surface area contributed by atoms with E-state index < -0.39 is 0 Å². The Morgan fingerprint density at radius 2 is 2.33 bits per heavy atom. The lowest BCUT2D eigenvalue weighted by Gasteiger charge is -2.24. The van der Waals surface area contributed by atoms with E-state index in [4.69, 9.17) is 16.3 Å². The van der Waals surface area contributed by atoms with Crippen LogP contribution < -0.4 is 5.32 Å². The molecule has 4 heteroatoms. The van der Waals surface area contributed by atoms with Crippen molar-refractivity contribution in [2.45, 2.75) is 32.4 Å². The minimum atomic E-state index is -0.243. The van der Waals surface area contributed by atoms with Crippen molar-refractivity contribution in [2.24, 2.45) is 5.92 Å². The van der Waals surface area contributed by atoms with Gasteiger partial charge in [0.2, 0.25) is 0 Å². The Labute approximate surface area is 112 Å². The van der Waals surface area contributed by atoms with Crippen LogP contribution >= 0.6 is 11.6 Å². The molecule has 1 fully saturated rings. The van der Waals surface area contributed by atoms with Gasteiger partial charge in [-0.25, -0.2) is 4.39 Å². The molecular weight excluding hydrogens is 253 g/mol. The zero-order chi connectivity index (χ0) is 13.1. The third-order valence-electron chi connectivity index (χ3n) is 3.42. The van der Waals surface area contributed by atoms with E-state index in [1.165, 1.54) is 6.07 Å². The molecule has 0 aromatic heterocycles. The summed E-state index contributed by atoms with van der Waals surface area (Å²) in [5.74, 6) is 0.0728. The number of benzene rings is 1. The Hall–Kier alpha value is -0.640. The van der Waals surface area contributed by atoms with Crippen molar-refractivity contribution in [3.8, 4) is 0 Å². The highest BCUT2D eigenvalue weighted by atomic mass is 35.5. The highest BCUT2D eigenvalue weighted by Crippen LogP contribution is 2.33. The van der Waals surface area contributed by atoms with Gasteiger partial charge in [0.25, 0.3) is 0 Å². The standard InChI is InChI=1S/C14H19ClFNO/c1-3-17-14(10-6-9(2)18-8-10)12-5-4-11(15)7-13(12)16/h4-5,7,9-10,14,17H,3,6,8H2,1-2H3. The summed E-state index contributed by atoms with van der Waals surface area (Å²) in [4.78, 5) is 0. The number of hydrogen-bond acceptors (Lipinski definition) is 2. The van der Waals surface area contributed by atoms with Crippen LogP contribution in [0.2, 0.25) is 5.02 Å². The van der Waals surface area contributed by atoms with Crippen molar-refractivity contribution in [2.75, 3.05) is 13.2 Å². The average Bonchev–Trinajstić information content (AvgIpc) is 2.73. The normalized spacial score (nSPS) is 25.3. The molecule has 0 radical (unpaired) electrons. The van der Waals surface area contributed by atoms with Crippen LogP contribution in [0.1, 0.15) is 31.9 Å². The Bertz CT molecular complexity index is 413. The third kappa shape index (κ3) is 3.02. The van der Waals surface area contributed by atoms with Gasteiger partial charge in [-0.15, -0.1) is 0 Å². The number of hydrogen-bond donors (Lipinski definition) is 1. The molecule has 1 aliphatic heterocycles. The van der Waals surface area contributed by atoms with Crippen LogP contribution in [-0.4, -0.2) is 19.3 Å². The molecule has 1 aliphatic rings. The van der Waals surface area contributed by atoms with Gasteiger partial charge in [0.1, 0.15) is 5.82 Å². The summed E-state index contributed by atoms with van der Waals surface area (Å²) in [6, 6.07) is 4.88. The van der Waals surface area contributed by atoms with Gasteiger partial charge in [0.05, 0.1) is 12.7 Å². The quantitative estimate of drug-likeness (QED) is 0.904. The molecule has 0 spiro atoms. The summed E-state index contributed by atoms with van der Waals surface area (Å²) in [6.07, 6.45) is 1.21. The molecule has 1 heterocycles. The average molecular weight is 272 g/mol. The van der Waals surface area contributed by atoms with Crippen LogP contribution in [0.3, 0.4) is 0 Å². The monoisotopic (exact) mass is 271 g/mol. The Balaban J connectivity index is 2.23. The minimum Gasteiger partial charge on any atom is -0.378 e. The van der Waals surface area contributed by atoms with E-state index in [-0.39, 0.29) is 18.0 Å². The summed E-state index contributed by atoms with van der Waals surface area (Å²) in [5, 5.41) is 3.79. The zero-order valence-corrected chi connectivity index (χ0v) is 11.5. The predicted molar refractivity (Wildman–Crippen MR) is 71.3 cm³/mol. The molecule has 0 aliphatic carbocycles.